The Morgan fingerprint density at radius 2 is 1.83 bits per heavy atom. The highest BCUT2D eigenvalue weighted by molar-refractivity contribution is 8.10. The third-order valence-corrected chi connectivity index (χ3v) is 1.98. The van der Waals surface area contributed by atoms with Gasteiger partial charge in [0.1, 0.15) is 0 Å². The maximum Gasteiger partial charge on any atom is 0.390 e. The van der Waals surface area contributed by atoms with E-state index in [9.17, 15) is 0 Å². The minimum atomic E-state index is -0.715. The first-order valence-electron chi connectivity index (χ1n) is 3.80. The number of hydrogen-bond donors (Lipinski definition) is 3. The lowest BCUT2D eigenvalue weighted by Gasteiger charge is -2.01. The summed E-state index contributed by atoms with van der Waals surface area (Å²) in [5, 5.41) is 17.7. The lowest BCUT2D eigenvalue weighted by atomic mass is 9.86. The number of aliphatic hydroxyl groups excluding tert-OH is 1. The molecule has 12 heavy (non-hydrogen) atoms. The third kappa shape index (κ3) is 2.55. The molecule has 0 heterocycles. The van der Waals surface area contributed by atoms with Crippen molar-refractivity contribution in [3.05, 3.63) is 29.8 Å². The summed E-state index contributed by atoms with van der Waals surface area (Å²) < 4.78 is 0. The molecule has 0 saturated carbocycles. The molecule has 4 heteroatoms. The maximum absolute atomic E-state index is 9.06. The molecule has 2 nitrogen and oxygen atoms in total. The van der Waals surface area contributed by atoms with Gasteiger partial charge in [0.05, 0.1) is 0 Å². The summed E-state index contributed by atoms with van der Waals surface area (Å²) in [6, 6.07) is 7.38. The van der Waals surface area contributed by atoms with E-state index >= 15 is 0 Å². The molecule has 0 bridgehead atoms. The van der Waals surface area contributed by atoms with Crippen LogP contribution in [0.3, 0.4) is 0 Å². The highest BCUT2D eigenvalue weighted by atomic mass is 32.1. The third-order valence-electron chi connectivity index (χ3n) is 1.68. The van der Waals surface area contributed by atoms with E-state index in [2.05, 4.69) is 12.5 Å². The molecule has 0 aliphatic rings. The van der Waals surface area contributed by atoms with Crippen molar-refractivity contribution in [2.75, 3.05) is 6.61 Å². The lowest BCUT2D eigenvalue weighted by molar-refractivity contribution is 0.299. The van der Waals surface area contributed by atoms with Crippen LogP contribution in [-0.4, -0.2) is 22.9 Å². The van der Waals surface area contributed by atoms with E-state index in [1.807, 2.05) is 24.3 Å². The van der Waals surface area contributed by atoms with E-state index < -0.39 is 6.19 Å². The average molecular weight is 182 g/mol. The molecule has 0 aliphatic heterocycles. The number of hydrogen-bond acceptors (Lipinski definition) is 3. The zero-order chi connectivity index (χ0) is 8.97. The van der Waals surface area contributed by atoms with Crippen molar-refractivity contribution in [1.29, 1.82) is 0 Å². The largest absolute Gasteiger partial charge is 0.438 e. The summed E-state index contributed by atoms with van der Waals surface area (Å²) in [7, 11) is 0. The van der Waals surface area contributed by atoms with E-state index in [0.717, 1.165) is 11.0 Å². The Morgan fingerprint density at radius 1 is 1.25 bits per heavy atom. The topological polar surface area (TPSA) is 40.5 Å². The van der Waals surface area contributed by atoms with Gasteiger partial charge in [-0.05, 0) is 17.4 Å². The molecular formula is C8H11BO2S. The van der Waals surface area contributed by atoms with Gasteiger partial charge in [0.2, 0.25) is 0 Å². The van der Waals surface area contributed by atoms with Crippen LogP contribution in [0.15, 0.2) is 24.3 Å². The van der Waals surface area contributed by atoms with Crippen LogP contribution < -0.4 is 5.46 Å². The smallest absolute Gasteiger partial charge is 0.390 e. The molecule has 0 radical (unpaired) electrons. The highest BCUT2D eigenvalue weighted by Gasteiger charge is 2.06. The van der Waals surface area contributed by atoms with Crippen LogP contribution in [0.4, 0.5) is 0 Å². The fourth-order valence-electron chi connectivity index (χ4n) is 0.986. The Balaban J connectivity index is 2.71. The Morgan fingerprint density at radius 3 is 2.25 bits per heavy atom. The van der Waals surface area contributed by atoms with Crippen LogP contribution in [0.1, 0.15) is 5.56 Å². The number of benzene rings is 1. The van der Waals surface area contributed by atoms with Gasteiger partial charge < -0.3 is 10.1 Å². The molecule has 64 valence electrons. The molecule has 0 fully saturated rings. The van der Waals surface area contributed by atoms with Gasteiger partial charge in [-0.25, -0.2) is 0 Å². The van der Waals surface area contributed by atoms with Crippen molar-refractivity contribution in [3.63, 3.8) is 0 Å². The molecule has 1 aromatic carbocycles. The van der Waals surface area contributed by atoms with Crippen molar-refractivity contribution in [2.45, 2.75) is 6.42 Å². The van der Waals surface area contributed by atoms with E-state index in [4.69, 9.17) is 10.1 Å². The van der Waals surface area contributed by atoms with Crippen LogP contribution in [0.25, 0.3) is 0 Å². The quantitative estimate of drug-likeness (QED) is 0.449. The Bertz CT molecular complexity index is 235. The fourth-order valence-corrected chi connectivity index (χ4v) is 1.16. The second kappa shape index (κ2) is 4.55. The van der Waals surface area contributed by atoms with Gasteiger partial charge in [-0.15, -0.1) is 0 Å². The van der Waals surface area contributed by atoms with Gasteiger partial charge in [-0.3, -0.25) is 0 Å². The normalized spacial score (nSPS) is 9.92. The standard InChI is InChI=1S/C8H11BO2S/c10-6-5-7-1-3-8(4-2-7)9(11)12/h1-4,10-12H,5-6H2. The molecule has 0 saturated heterocycles. The zero-order valence-electron chi connectivity index (χ0n) is 6.64. The number of rotatable bonds is 3. The van der Waals surface area contributed by atoms with Crippen molar-refractivity contribution in [2.24, 2.45) is 0 Å². The lowest BCUT2D eigenvalue weighted by Crippen LogP contribution is -2.23. The monoisotopic (exact) mass is 182 g/mol. The summed E-state index contributed by atoms with van der Waals surface area (Å²) in [5.74, 6) is 0. The van der Waals surface area contributed by atoms with Gasteiger partial charge in [0.25, 0.3) is 0 Å². The van der Waals surface area contributed by atoms with E-state index in [1.54, 1.807) is 0 Å². The van der Waals surface area contributed by atoms with Crippen LogP contribution in [0, 0.1) is 0 Å². The molecule has 0 aromatic heterocycles. The van der Waals surface area contributed by atoms with E-state index in [0.29, 0.717) is 6.42 Å². The molecule has 2 N–H and O–H groups in total. The van der Waals surface area contributed by atoms with Gasteiger partial charge in [-0.2, -0.15) is 12.5 Å². The molecule has 0 atom stereocenters. The van der Waals surface area contributed by atoms with Crippen LogP contribution in [0.5, 0.6) is 0 Å². The predicted octanol–water partition coefficient (Wildman–Crippen LogP) is -0.161. The molecule has 0 aliphatic carbocycles. The highest BCUT2D eigenvalue weighted by Crippen LogP contribution is 1.98. The molecule has 0 unspecified atom stereocenters. The fraction of sp³-hybridized carbons (Fsp3) is 0.250. The van der Waals surface area contributed by atoms with Crippen molar-refractivity contribution in [3.8, 4) is 0 Å². The van der Waals surface area contributed by atoms with E-state index in [1.165, 1.54) is 0 Å². The van der Waals surface area contributed by atoms with Gasteiger partial charge in [0.15, 0.2) is 0 Å². The number of aliphatic hydroxyl groups is 1. The molecule has 1 rings (SSSR count). The van der Waals surface area contributed by atoms with Gasteiger partial charge in [-0.1, -0.05) is 24.3 Å². The zero-order valence-corrected chi connectivity index (χ0v) is 7.54. The van der Waals surface area contributed by atoms with Crippen LogP contribution >= 0.6 is 12.5 Å². The van der Waals surface area contributed by atoms with Crippen LogP contribution in [0.2, 0.25) is 0 Å². The molecule has 0 amide bonds. The summed E-state index contributed by atoms with van der Waals surface area (Å²) in [5.41, 5.74) is 1.84. The SMILES string of the molecule is OCCc1ccc(B(O)S)cc1. The second-order valence-corrected chi connectivity index (χ2v) is 3.08. The second-order valence-electron chi connectivity index (χ2n) is 2.59. The summed E-state index contributed by atoms with van der Waals surface area (Å²) >= 11 is 3.88. The average Bonchev–Trinajstić information content (AvgIpc) is 2.06. The van der Waals surface area contributed by atoms with Gasteiger partial charge >= 0.3 is 6.19 Å². The first-order valence-corrected chi connectivity index (χ1v) is 4.31. The molecule has 0 spiro atoms. The van der Waals surface area contributed by atoms with Crippen molar-refractivity contribution in [1.82, 2.24) is 0 Å². The predicted molar refractivity (Wildman–Crippen MR) is 53.8 cm³/mol. The first-order chi connectivity index (χ1) is 5.74. The Kier molecular flexibility index (Phi) is 3.65. The summed E-state index contributed by atoms with van der Waals surface area (Å²) in [6.45, 7) is 0.156. The minimum absolute atomic E-state index is 0.156. The summed E-state index contributed by atoms with van der Waals surface area (Å²) in [6.07, 6.45) is -0.0590. The maximum atomic E-state index is 9.06. The summed E-state index contributed by atoms with van der Waals surface area (Å²) in [4.78, 5) is 0. The Labute approximate surface area is 77.7 Å². The van der Waals surface area contributed by atoms with Gasteiger partial charge in [0, 0.05) is 6.61 Å². The molecule has 1 aromatic rings. The molecular weight excluding hydrogens is 171 g/mol. The van der Waals surface area contributed by atoms with Crippen molar-refractivity contribution < 1.29 is 10.1 Å². The van der Waals surface area contributed by atoms with Crippen molar-refractivity contribution >= 4 is 24.1 Å². The van der Waals surface area contributed by atoms with E-state index in [-0.39, 0.29) is 6.61 Å². The Hall–Kier alpha value is -0.445. The first kappa shape index (κ1) is 9.64. The van der Waals surface area contributed by atoms with Crippen LogP contribution in [-0.2, 0) is 6.42 Å². The number of thiol groups is 1. The minimum Gasteiger partial charge on any atom is -0.438 e.